The van der Waals surface area contributed by atoms with Crippen molar-refractivity contribution in [1.82, 2.24) is 5.32 Å². The number of thiophene rings is 1. The summed E-state index contributed by atoms with van der Waals surface area (Å²) in [4.78, 5) is 1.44. The molecule has 1 atom stereocenters. The quantitative estimate of drug-likeness (QED) is 0.774. The highest BCUT2D eigenvalue weighted by Gasteiger charge is 2.22. The molecule has 0 saturated carbocycles. The van der Waals surface area contributed by atoms with Gasteiger partial charge in [0.05, 0.1) is 18.6 Å². The van der Waals surface area contributed by atoms with Crippen LogP contribution in [0.25, 0.3) is 0 Å². The fourth-order valence-corrected chi connectivity index (χ4v) is 3.02. The van der Waals surface area contributed by atoms with Crippen LogP contribution in [0.5, 0.6) is 0 Å². The van der Waals surface area contributed by atoms with Gasteiger partial charge in [0.2, 0.25) is 0 Å². The van der Waals surface area contributed by atoms with E-state index in [0.29, 0.717) is 6.04 Å². The fraction of sp³-hybridized carbons (Fsp3) is 0.273. The van der Waals surface area contributed by atoms with Gasteiger partial charge in [-0.2, -0.15) is 0 Å². The molecular weight excluding hydrogens is 194 g/mol. The van der Waals surface area contributed by atoms with Crippen LogP contribution in [0.3, 0.4) is 0 Å². The van der Waals surface area contributed by atoms with Gasteiger partial charge in [-0.05, 0) is 29.5 Å². The number of rotatable bonds is 1. The van der Waals surface area contributed by atoms with Gasteiger partial charge < -0.3 is 9.73 Å². The molecule has 0 saturated heterocycles. The highest BCUT2D eigenvalue weighted by Crippen LogP contribution is 2.32. The van der Waals surface area contributed by atoms with Gasteiger partial charge in [-0.15, -0.1) is 11.3 Å². The molecule has 3 heterocycles. The Morgan fingerprint density at radius 1 is 1.43 bits per heavy atom. The van der Waals surface area contributed by atoms with E-state index in [1.807, 2.05) is 23.7 Å². The number of nitrogens with one attached hydrogen (secondary N) is 1. The van der Waals surface area contributed by atoms with Crippen molar-refractivity contribution in [3.63, 3.8) is 0 Å². The lowest BCUT2D eigenvalue weighted by atomic mass is 10.00. The first-order valence-electron chi connectivity index (χ1n) is 4.77. The van der Waals surface area contributed by atoms with E-state index in [4.69, 9.17) is 4.42 Å². The van der Waals surface area contributed by atoms with Crippen LogP contribution in [0.15, 0.2) is 34.5 Å². The van der Waals surface area contributed by atoms with Crippen LogP contribution in [0.4, 0.5) is 0 Å². The average Bonchev–Trinajstić information content (AvgIpc) is 2.88. The van der Waals surface area contributed by atoms with Crippen molar-refractivity contribution in [3.8, 4) is 0 Å². The van der Waals surface area contributed by atoms with E-state index in [1.165, 1.54) is 16.0 Å². The first kappa shape index (κ1) is 8.26. The zero-order valence-electron chi connectivity index (χ0n) is 7.69. The second-order valence-electron chi connectivity index (χ2n) is 3.50. The molecule has 3 heteroatoms. The minimum atomic E-state index is 0.345. The molecule has 0 bridgehead atoms. The SMILES string of the molecule is c1cc(C2NCCc3ccsc32)co1. The van der Waals surface area contributed by atoms with Crippen LogP contribution < -0.4 is 5.32 Å². The van der Waals surface area contributed by atoms with E-state index < -0.39 is 0 Å². The standard InChI is InChI=1S/C11H11NOS/c1-4-12-10(9-2-5-13-7-9)11-8(1)3-6-14-11/h2-3,5-7,10,12H,1,4H2. The molecule has 0 aliphatic carbocycles. The smallest absolute Gasteiger partial charge is 0.0954 e. The third-order valence-electron chi connectivity index (χ3n) is 2.66. The Bertz CT molecular complexity index is 418. The van der Waals surface area contributed by atoms with Crippen molar-refractivity contribution < 1.29 is 4.42 Å². The number of fused-ring (bicyclic) bond motifs is 1. The van der Waals surface area contributed by atoms with Gasteiger partial charge >= 0.3 is 0 Å². The summed E-state index contributed by atoms with van der Waals surface area (Å²) in [6, 6.07) is 4.61. The predicted octanol–water partition coefficient (Wildman–Crippen LogP) is 2.58. The van der Waals surface area contributed by atoms with Crippen molar-refractivity contribution in [2.45, 2.75) is 12.5 Å². The fourth-order valence-electron chi connectivity index (χ4n) is 1.96. The van der Waals surface area contributed by atoms with Crippen molar-refractivity contribution in [2.75, 3.05) is 6.54 Å². The van der Waals surface area contributed by atoms with Crippen LogP contribution >= 0.6 is 11.3 Å². The van der Waals surface area contributed by atoms with Gasteiger partial charge in [0, 0.05) is 17.0 Å². The number of hydrogen-bond donors (Lipinski definition) is 1. The highest BCUT2D eigenvalue weighted by molar-refractivity contribution is 7.10. The van der Waals surface area contributed by atoms with Gasteiger partial charge in [-0.3, -0.25) is 0 Å². The molecule has 1 aliphatic rings. The first-order valence-corrected chi connectivity index (χ1v) is 5.65. The second kappa shape index (κ2) is 3.26. The van der Waals surface area contributed by atoms with Crippen LogP contribution in [0.1, 0.15) is 22.0 Å². The minimum Gasteiger partial charge on any atom is -0.472 e. The van der Waals surface area contributed by atoms with E-state index in [1.54, 1.807) is 6.26 Å². The van der Waals surface area contributed by atoms with Gasteiger partial charge in [0.15, 0.2) is 0 Å². The Morgan fingerprint density at radius 3 is 3.29 bits per heavy atom. The third kappa shape index (κ3) is 1.21. The molecule has 1 aliphatic heterocycles. The van der Waals surface area contributed by atoms with Gasteiger partial charge in [-0.25, -0.2) is 0 Å². The molecule has 0 amide bonds. The third-order valence-corrected chi connectivity index (χ3v) is 3.69. The van der Waals surface area contributed by atoms with Crippen LogP contribution in [-0.2, 0) is 6.42 Å². The number of hydrogen-bond acceptors (Lipinski definition) is 3. The lowest BCUT2D eigenvalue weighted by Crippen LogP contribution is -2.28. The molecule has 0 fully saturated rings. The molecule has 1 unspecified atom stereocenters. The number of furan rings is 1. The van der Waals surface area contributed by atoms with Gasteiger partial charge in [0.25, 0.3) is 0 Å². The Morgan fingerprint density at radius 2 is 2.43 bits per heavy atom. The van der Waals surface area contributed by atoms with Crippen molar-refractivity contribution in [2.24, 2.45) is 0 Å². The van der Waals surface area contributed by atoms with Crippen molar-refractivity contribution >= 4 is 11.3 Å². The van der Waals surface area contributed by atoms with E-state index >= 15 is 0 Å². The lowest BCUT2D eigenvalue weighted by molar-refractivity contribution is 0.542. The summed E-state index contributed by atoms with van der Waals surface area (Å²) in [7, 11) is 0. The van der Waals surface area contributed by atoms with E-state index in [0.717, 1.165) is 13.0 Å². The van der Waals surface area contributed by atoms with E-state index in [9.17, 15) is 0 Å². The second-order valence-corrected chi connectivity index (χ2v) is 4.45. The maximum atomic E-state index is 5.12. The largest absolute Gasteiger partial charge is 0.472 e. The molecule has 2 aromatic heterocycles. The monoisotopic (exact) mass is 205 g/mol. The minimum absolute atomic E-state index is 0.345. The summed E-state index contributed by atoms with van der Waals surface area (Å²) in [5.74, 6) is 0. The summed E-state index contributed by atoms with van der Waals surface area (Å²) < 4.78 is 5.12. The molecule has 2 nitrogen and oxygen atoms in total. The summed E-state index contributed by atoms with van der Waals surface area (Å²) in [5.41, 5.74) is 2.72. The molecular formula is C11H11NOS. The van der Waals surface area contributed by atoms with Crippen molar-refractivity contribution in [3.05, 3.63) is 46.0 Å². The van der Waals surface area contributed by atoms with Gasteiger partial charge in [0.1, 0.15) is 0 Å². The highest BCUT2D eigenvalue weighted by atomic mass is 32.1. The van der Waals surface area contributed by atoms with E-state index in [-0.39, 0.29) is 0 Å². The zero-order valence-corrected chi connectivity index (χ0v) is 8.51. The Balaban J connectivity index is 2.04. The molecule has 1 N–H and O–H groups in total. The Kier molecular flexibility index (Phi) is 1.92. The zero-order chi connectivity index (χ0) is 9.38. The lowest BCUT2D eigenvalue weighted by Gasteiger charge is -2.22. The molecule has 0 radical (unpaired) electrons. The van der Waals surface area contributed by atoms with Gasteiger partial charge in [-0.1, -0.05) is 0 Å². The molecule has 3 rings (SSSR count). The average molecular weight is 205 g/mol. The molecule has 72 valence electrons. The summed E-state index contributed by atoms with van der Waals surface area (Å²) in [5, 5.41) is 5.69. The molecule has 2 aromatic rings. The topological polar surface area (TPSA) is 25.2 Å². The maximum absolute atomic E-state index is 5.12. The molecule has 14 heavy (non-hydrogen) atoms. The van der Waals surface area contributed by atoms with Crippen LogP contribution in [0.2, 0.25) is 0 Å². The molecule has 0 aromatic carbocycles. The van der Waals surface area contributed by atoms with Crippen molar-refractivity contribution in [1.29, 1.82) is 0 Å². The first-order chi connectivity index (χ1) is 6.95. The summed E-state index contributed by atoms with van der Waals surface area (Å²) in [6.45, 7) is 1.06. The Labute approximate surface area is 86.6 Å². The Hall–Kier alpha value is -1.06. The van der Waals surface area contributed by atoms with Crippen LogP contribution in [-0.4, -0.2) is 6.54 Å². The summed E-state index contributed by atoms with van der Waals surface area (Å²) in [6.07, 6.45) is 4.71. The summed E-state index contributed by atoms with van der Waals surface area (Å²) >= 11 is 1.83. The van der Waals surface area contributed by atoms with Crippen LogP contribution in [0, 0.1) is 0 Å². The predicted molar refractivity (Wildman–Crippen MR) is 56.6 cm³/mol. The molecule has 0 spiro atoms. The van der Waals surface area contributed by atoms with E-state index in [2.05, 4.69) is 16.8 Å². The maximum Gasteiger partial charge on any atom is 0.0954 e. The normalized spacial score (nSPS) is 20.7.